The lowest BCUT2D eigenvalue weighted by molar-refractivity contribution is -0.362. The van der Waals surface area contributed by atoms with E-state index < -0.39 is 41.5 Å². The van der Waals surface area contributed by atoms with Crippen molar-refractivity contribution >= 4 is 51.9 Å². The molecule has 0 aliphatic heterocycles. The Labute approximate surface area is 364 Å². The smallest absolute Gasteiger partial charge is 0.320 e. The van der Waals surface area contributed by atoms with Crippen LogP contribution in [0.4, 0.5) is 5.82 Å². The van der Waals surface area contributed by atoms with Crippen molar-refractivity contribution in [1.29, 1.82) is 0 Å². The van der Waals surface area contributed by atoms with Gasteiger partial charge < -0.3 is 62.1 Å². The molecule has 22 heteroatoms. The highest BCUT2D eigenvalue weighted by Crippen LogP contribution is 2.22. The number of hydrogen-bond acceptors (Lipinski definition) is 16. The second-order valence-electron chi connectivity index (χ2n) is 13.8. The summed E-state index contributed by atoms with van der Waals surface area (Å²) in [5, 5.41) is 40.9. The fourth-order valence-electron chi connectivity index (χ4n) is 5.39. The first-order valence-corrected chi connectivity index (χ1v) is 22.2. The molecule has 62 heavy (non-hydrogen) atoms. The predicted molar refractivity (Wildman–Crippen MR) is 234 cm³/mol. The number of nitrogens with one attached hydrogen (secondary N) is 3. The van der Waals surface area contributed by atoms with E-state index in [1.165, 1.54) is 23.4 Å². The van der Waals surface area contributed by atoms with E-state index >= 15 is 0 Å². The number of aliphatic hydroxyl groups excluding tert-OH is 2. The van der Waals surface area contributed by atoms with Gasteiger partial charge in [-0.05, 0) is 43.4 Å². The molecule has 0 saturated carbocycles. The van der Waals surface area contributed by atoms with E-state index in [2.05, 4.69) is 53.7 Å². The first-order chi connectivity index (χ1) is 30.0. The number of anilines is 1. The Balaban J connectivity index is 1.38. The van der Waals surface area contributed by atoms with Crippen LogP contribution in [-0.4, -0.2) is 160 Å². The van der Waals surface area contributed by atoms with Crippen LogP contribution >= 0.6 is 0 Å². The van der Waals surface area contributed by atoms with Crippen LogP contribution in [0.15, 0.2) is 42.0 Å². The molecule has 0 aliphatic rings. The van der Waals surface area contributed by atoms with Gasteiger partial charge in [0.2, 0.25) is 12.3 Å². The maximum atomic E-state index is 12.4. The average Bonchev–Trinajstić information content (AvgIpc) is 3.71. The molecule has 0 aliphatic carbocycles. The fraction of sp³-hybridized carbons (Fsp3) is 0.575. The van der Waals surface area contributed by atoms with Crippen LogP contribution in [0.1, 0.15) is 61.4 Å². The number of fused-ring (bicyclic) bond motifs is 1. The molecule has 2 heterocycles. The lowest BCUT2D eigenvalue weighted by Gasteiger charge is -2.24. The molecule has 0 fully saturated rings. The van der Waals surface area contributed by atoms with Gasteiger partial charge >= 0.3 is 5.97 Å². The number of carboxylic acid groups (broad SMARTS) is 1. The number of carbonyl (C=O) groups is 3. The molecule has 3 unspecified atom stereocenters. The molecule has 2 amide bonds. The van der Waals surface area contributed by atoms with E-state index in [0.29, 0.717) is 125 Å². The third-order valence-electron chi connectivity index (χ3n) is 8.81. The van der Waals surface area contributed by atoms with Crippen molar-refractivity contribution in [2.45, 2.75) is 63.7 Å². The first-order valence-electron chi connectivity index (χ1n) is 20.5. The minimum absolute atomic E-state index is 0.198. The maximum Gasteiger partial charge on any atom is 0.320 e. The number of nitrogens with zero attached hydrogens (tertiary/aromatic N) is 5. The van der Waals surface area contributed by atoms with Gasteiger partial charge in [0.1, 0.15) is 36.3 Å². The molecule has 3 rings (SSSR count). The molecule has 0 radical (unpaired) electrons. The van der Waals surface area contributed by atoms with Gasteiger partial charge in [-0.25, -0.2) is 20.4 Å². The van der Waals surface area contributed by atoms with E-state index in [4.69, 9.17) is 30.4 Å². The van der Waals surface area contributed by atoms with Gasteiger partial charge in [0.05, 0.1) is 65.0 Å². The van der Waals surface area contributed by atoms with E-state index in [-0.39, 0.29) is 30.4 Å². The third-order valence-corrected chi connectivity index (χ3v) is 11.0. The number of hydrogen-bond donors (Lipinski definition) is 9. The second-order valence-corrected chi connectivity index (χ2v) is 16.0. The van der Waals surface area contributed by atoms with Gasteiger partial charge in [0.25, 0.3) is 5.91 Å². The number of carbonyl (C=O) groups excluding carboxylic acids is 2. The number of hydrazone groups is 1. The molecule has 0 bridgehead atoms. The fourth-order valence-corrected chi connectivity index (χ4v) is 7.53. The summed E-state index contributed by atoms with van der Waals surface area (Å²) in [6.45, 7) is 6.22. The summed E-state index contributed by atoms with van der Waals surface area (Å²) < 4.78 is 23.3. The standard InChI is InChI=1S/C40H61N11O10S/c1-29(52)33(61-40(57)51-28-48-35-36(44-15-13-41)46-27-47-37(35)51)26-62(24-12-32(43)39(55)56)23-6-4-2-3-5-7-34(53)50-49-25-30-8-10-31(11-9-30)38(54)45-16-18-59-20-22-60-21-19-58-17-14-42/h8-11,25,27-29,32-33,40,52,57H,2-3,5,7,12-24,26,41-43H2,1H3,(H3-,44,45,46,47,50,53,54,55,56)/p+2/t29-,32?,33?,40+,62?/m1/s1. The minimum Gasteiger partial charge on any atom is -0.480 e. The van der Waals surface area contributed by atoms with Crippen molar-refractivity contribution in [1.82, 2.24) is 30.3 Å². The topological polar surface area (TPSA) is 321 Å². The Hall–Kier alpha value is -4.80. The highest BCUT2D eigenvalue weighted by atomic mass is 32.2. The van der Waals surface area contributed by atoms with E-state index in [9.17, 15) is 29.7 Å². The number of imidazole rings is 1. The number of unbranched alkanes of at least 4 members (excludes halogenated alkanes) is 2. The molecule has 2 aromatic heterocycles. The van der Waals surface area contributed by atoms with Crippen LogP contribution in [0, 0.1) is 11.8 Å². The van der Waals surface area contributed by atoms with Gasteiger partial charge in [0.15, 0.2) is 22.7 Å². The molecule has 21 nitrogen and oxygen atoms in total. The Morgan fingerprint density at radius 2 is 1.73 bits per heavy atom. The summed E-state index contributed by atoms with van der Waals surface area (Å²) in [4.78, 5) is 49.0. The van der Waals surface area contributed by atoms with Crippen LogP contribution in [-0.2, 0) is 39.4 Å². The van der Waals surface area contributed by atoms with E-state index in [1.54, 1.807) is 31.2 Å². The summed E-state index contributed by atoms with van der Waals surface area (Å²) in [7, 11) is -0.545. The van der Waals surface area contributed by atoms with Crippen molar-refractivity contribution < 1.29 is 54.4 Å². The molecule has 5 atom stereocenters. The van der Waals surface area contributed by atoms with Crippen molar-refractivity contribution in [3.8, 4) is 11.8 Å². The summed E-state index contributed by atoms with van der Waals surface area (Å²) in [6, 6.07) is 5.72. The molecular formula is C40H63N11O10S+2. The first kappa shape index (κ1) is 51.5. The SMILES string of the molecule is C[C@@H](O)C(C[S+](CC#CCCCCC(=O)N/N=C\c1ccc(C(=O)NCCOCCOCCOCCN)cc1)CCC(N)C(=O)O)O[C@H](O)n1cnc2c(NCC[NH3+])ncnc21. The molecule has 1 aromatic carbocycles. The Morgan fingerprint density at radius 3 is 2.42 bits per heavy atom. The van der Waals surface area contributed by atoms with E-state index in [0.717, 1.165) is 0 Å². The number of ether oxygens (including phenoxy) is 4. The number of carboxylic acids is 1. The number of nitrogens with two attached hydrogens (primary N) is 2. The Morgan fingerprint density at radius 1 is 1.00 bits per heavy atom. The summed E-state index contributed by atoms with van der Waals surface area (Å²) >= 11 is 0. The second kappa shape index (κ2) is 30.3. The normalized spacial score (nSPS) is 13.8. The number of quaternary nitrogens is 1. The molecule has 342 valence electrons. The number of amides is 2. The highest BCUT2D eigenvalue weighted by molar-refractivity contribution is 7.97. The Bertz CT molecular complexity index is 1860. The highest BCUT2D eigenvalue weighted by Gasteiger charge is 2.31. The van der Waals surface area contributed by atoms with Crippen LogP contribution in [0.5, 0.6) is 0 Å². The molecular weight excluding hydrogens is 827 g/mol. The largest absolute Gasteiger partial charge is 0.480 e. The van der Waals surface area contributed by atoms with Crippen LogP contribution < -0.4 is 33.3 Å². The summed E-state index contributed by atoms with van der Waals surface area (Å²) in [5.74, 6) is 6.29. The number of aromatic nitrogens is 4. The average molecular weight is 890 g/mol. The van der Waals surface area contributed by atoms with Crippen LogP contribution in [0.25, 0.3) is 11.2 Å². The number of benzene rings is 1. The van der Waals surface area contributed by atoms with Gasteiger partial charge in [-0.2, -0.15) is 5.10 Å². The monoisotopic (exact) mass is 889 g/mol. The minimum atomic E-state index is -1.53. The van der Waals surface area contributed by atoms with Gasteiger partial charge in [0, 0.05) is 48.8 Å². The third kappa shape index (κ3) is 19.9. The van der Waals surface area contributed by atoms with Gasteiger partial charge in [-0.1, -0.05) is 18.1 Å². The molecule has 13 N–H and O–H groups in total. The van der Waals surface area contributed by atoms with Crippen LogP contribution in [0.3, 0.4) is 0 Å². The summed E-state index contributed by atoms with van der Waals surface area (Å²) in [5.41, 5.74) is 19.4. The van der Waals surface area contributed by atoms with Crippen molar-refractivity contribution in [2.75, 3.05) is 88.4 Å². The predicted octanol–water partition coefficient (Wildman–Crippen LogP) is -1.43. The number of aliphatic carboxylic acids is 1. The molecule has 0 saturated heterocycles. The number of aliphatic hydroxyl groups is 2. The van der Waals surface area contributed by atoms with Gasteiger partial charge in [-0.3, -0.25) is 19.0 Å². The quantitative estimate of drug-likeness (QED) is 0.00867. The lowest BCUT2D eigenvalue weighted by atomic mass is 10.1. The zero-order valence-corrected chi connectivity index (χ0v) is 36.1. The van der Waals surface area contributed by atoms with Crippen molar-refractivity contribution in [3.63, 3.8) is 0 Å². The van der Waals surface area contributed by atoms with Crippen molar-refractivity contribution in [3.05, 3.63) is 48.0 Å². The van der Waals surface area contributed by atoms with E-state index in [1.807, 2.05) is 0 Å². The lowest BCUT2D eigenvalue weighted by Crippen LogP contribution is -2.53. The van der Waals surface area contributed by atoms with Crippen molar-refractivity contribution in [2.24, 2.45) is 16.6 Å². The maximum absolute atomic E-state index is 12.4. The van der Waals surface area contributed by atoms with Gasteiger partial charge in [-0.15, -0.1) is 0 Å². The summed E-state index contributed by atoms with van der Waals surface area (Å²) in [6.07, 6.45) is 3.09. The molecule has 3 aromatic rings. The van der Waals surface area contributed by atoms with Crippen LogP contribution in [0.2, 0.25) is 0 Å². The zero-order chi connectivity index (χ0) is 45.0. The Kier molecular flexibility index (Phi) is 25.2. The molecule has 0 spiro atoms. The zero-order valence-electron chi connectivity index (χ0n) is 35.3. The number of rotatable bonds is 32.